The zero-order chi connectivity index (χ0) is 32.5. The molecule has 45 heavy (non-hydrogen) atoms. The monoisotopic (exact) mass is 679 g/mol. The molecular formula is C33H24Cl3N3O5S. The maximum Gasteiger partial charge on any atom is 0.287 e. The molecule has 0 saturated heterocycles. The number of benzene rings is 5. The van der Waals surface area contributed by atoms with Crippen LogP contribution < -0.4 is 4.90 Å². The minimum atomic E-state index is -4.98. The van der Waals surface area contributed by atoms with Crippen molar-refractivity contribution in [2.24, 2.45) is 0 Å². The molecule has 0 atom stereocenters. The Labute approximate surface area is 275 Å². The van der Waals surface area contributed by atoms with Crippen molar-refractivity contribution in [3.63, 3.8) is 0 Å². The van der Waals surface area contributed by atoms with E-state index >= 15 is 0 Å². The van der Waals surface area contributed by atoms with Gasteiger partial charge in [0.2, 0.25) is 0 Å². The van der Waals surface area contributed by atoms with E-state index in [1.807, 2.05) is 25.1 Å². The largest absolute Gasteiger partial charge is 0.377 e. The second-order valence-corrected chi connectivity index (χ2v) is 13.1. The summed E-state index contributed by atoms with van der Waals surface area (Å²) in [5, 5.41) is 2.07. The van der Waals surface area contributed by atoms with Gasteiger partial charge in [-0.1, -0.05) is 59.1 Å². The van der Waals surface area contributed by atoms with Crippen LogP contribution in [0.3, 0.4) is 0 Å². The van der Waals surface area contributed by atoms with E-state index < -0.39 is 27.7 Å². The molecule has 5 aromatic carbocycles. The van der Waals surface area contributed by atoms with Crippen molar-refractivity contribution in [2.45, 2.75) is 4.90 Å². The number of nitrogens with zero attached hydrogens (tertiary/aromatic N) is 3. The fraction of sp³-hybridized carbons (Fsp3) is 0.0606. The molecule has 0 bridgehead atoms. The van der Waals surface area contributed by atoms with Crippen LogP contribution in [0.4, 0.5) is 5.69 Å². The van der Waals surface area contributed by atoms with Gasteiger partial charge in [-0.3, -0.25) is 14.4 Å². The molecule has 0 unspecified atom stereocenters. The van der Waals surface area contributed by atoms with E-state index in [9.17, 15) is 22.8 Å². The third kappa shape index (κ3) is 6.39. The molecule has 0 aromatic heterocycles. The van der Waals surface area contributed by atoms with E-state index in [0.29, 0.717) is 26.1 Å². The first-order valence-corrected chi connectivity index (χ1v) is 15.9. The molecule has 0 radical (unpaired) electrons. The summed E-state index contributed by atoms with van der Waals surface area (Å²) in [5.41, 5.74) is 0.374. The van der Waals surface area contributed by atoms with Crippen molar-refractivity contribution >= 4 is 79.0 Å². The lowest BCUT2D eigenvalue weighted by Gasteiger charge is -2.32. The Balaban J connectivity index is 1.81. The van der Waals surface area contributed by atoms with Gasteiger partial charge in [0, 0.05) is 62.3 Å². The molecule has 0 saturated carbocycles. The van der Waals surface area contributed by atoms with Gasteiger partial charge in [0.15, 0.2) is 0 Å². The topological polar surface area (TPSA) is 95.1 Å². The predicted octanol–water partition coefficient (Wildman–Crippen LogP) is 7.59. The van der Waals surface area contributed by atoms with E-state index in [1.165, 1.54) is 84.9 Å². The molecule has 0 fully saturated rings. The lowest BCUT2D eigenvalue weighted by atomic mass is 10.1. The highest BCUT2D eigenvalue weighted by molar-refractivity contribution is 7.90. The first-order chi connectivity index (χ1) is 21.4. The van der Waals surface area contributed by atoms with Gasteiger partial charge in [0.1, 0.15) is 0 Å². The maximum atomic E-state index is 14.8. The smallest absolute Gasteiger partial charge is 0.287 e. The van der Waals surface area contributed by atoms with Crippen LogP contribution in [0.1, 0.15) is 31.1 Å². The molecule has 12 heteroatoms. The molecule has 0 N–H and O–H groups in total. The van der Waals surface area contributed by atoms with Gasteiger partial charge in [-0.25, -0.2) is 0 Å². The number of amides is 3. The Kier molecular flexibility index (Phi) is 9.18. The summed E-state index contributed by atoms with van der Waals surface area (Å²) < 4.78 is 29.8. The lowest BCUT2D eigenvalue weighted by molar-refractivity contribution is 0.0255. The highest BCUT2D eigenvalue weighted by atomic mass is 35.5. The Morgan fingerprint density at radius 2 is 0.933 bits per heavy atom. The predicted molar refractivity (Wildman–Crippen MR) is 176 cm³/mol. The van der Waals surface area contributed by atoms with Crippen LogP contribution in [-0.4, -0.2) is 49.7 Å². The van der Waals surface area contributed by atoms with Crippen LogP contribution in [0, 0.1) is 0 Å². The average Bonchev–Trinajstić information content (AvgIpc) is 3.03. The number of hydrogen-bond donors (Lipinski definition) is 0. The van der Waals surface area contributed by atoms with Crippen LogP contribution >= 0.6 is 34.8 Å². The summed E-state index contributed by atoms with van der Waals surface area (Å²) in [6, 6.07) is 26.0. The number of sulfonamides is 1. The summed E-state index contributed by atoms with van der Waals surface area (Å²) >= 11 is 18.1. The number of hydrazine groups is 1. The quantitative estimate of drug-likeness (QED) is 0.136. The maximum absolute atomic E-state index is 14.8. The SMILES string of the molecule is CN(C)c1cccc2c(S(=O)(=O)N(C(=O)c3ccc(Cl)cc3)N(C(=O)c3ccc(Cl)cc3)C(=O)c3ccc(Cl)cc3)cccc12. The van der Waals surface area contributed by atoms with Crippen molar-refractivity contribution in [1.82, 2.24) is 9.42 Å². The second kappa shape index (κ2) is 12.9. The van der Waals surface area contributed by atoms with Crippen LogP contribution in [0.25, 0.3) is 10.8 Å². The number of carbonyl (C=O) groups is 3. The van der Waals surface area contributed by atoms with Crippen molar-refractivity contribution in [3.8, 4) is 0 Å². The fourth-order valence-corrected chi connectivity index (χ4v) is 6.63. The second-order valence-electron chi connectivity index (χ2n) is 10.0. The first kappa shape index (κ1) is 32.0. The molecule has 0 aliphatic heterocycles. The Morgan fingerprint density at radius 1 is 0.533 bits per heavy atom. The Morgan fingerprint density at radius 3 is 1.38 bits per heavy atom. The lowest BCUT2D eigenvalue weighted by Crippen LogP contribution is -2.55. The van der Waals surface area contributed by atoms with Gasteiger partial charge < -0.3 is 4.90 Å². The molecular weight excluding hydrogens is 657 g/mol. The molecule has 3 amide bonds. The summed E-state index contributed by atoms with van der Waals surface area (Å²) in [5.74, 6) is -3.35. The van der Waals surface area contributed by atoms with E-state index in [0.717, 1.165) is 0 Å². The van der Waals surface area contributed by atoms with Gasteiger partial charge in [0.05, 0.1) is 4.90 Å². The van der Waals surface area contributed by atoms with Gasteiger partial charge >= 0.3 is 0 Å². The summed E-state index contributed by atoms with van der Waals surface area (Å²) in [7, 11) is -1.37. The van der Waals surface area contributed by atoms with E-state index in [4.69, 9.17) is 34.8 Å². The molecule has 5 rings (SSSR count). The number of halogens is 3. The van der Waals surface area contributed by atoms with Crippen LogP contribution in [0.2, 0.25) is 15.1 Å². The standard InChI is InChI=1S/C33H24Cl3N3O5S/c1-37(2)29-7-3-6-28-27(29)5-4-8-30(28)45(43,44)39(33(42)23-13-19-26(36)20-14-23)38(31(40)21-9-15-24(34)16-10-21)32(41)22-11-17-25(35)18-12-22/h3-20H,1-2H3. The minimum Gasteiger partial charge on any atom is -0.377 e. The number of carbonyl (C=O) groups excluding carboxylic acids is 3. The van der Waals surface area contributed by atoms with E-state index in [1.54, 1.807) is 18.2 Å². The zero-order valence-electron chi connectivity index (χ0n) is 23.8. The van der Waals surface area contributed by atoms with Gasteiger partial charge in [-0.15, -0.1) is 4.41 Å². The van der Waals surface area contributed by atoms with Crippen molar-refractivity contribution in [1.29, 1.82) is 0 Å². The van der Waals surface area contributed by atoms with E-state index in [-0.39, 0.29) is 36.4 Å². The first-order valence-electron chi connectivity index (χ1n) is 13.3. The molecule has 228 valence electrons. The van der Waals surface area contributed by atoms with E-state index in [2.05, 4.69) is 0 Å². The highest BCUT2D eigenvalue weighted by Gasteiger charge is 2.43. The van der Waals surface area contributed by atoms with Crippen LogP contribution in [0.15, 0.2) is 114 Å². The molecule has 0 aliphatic rings. The third-order valence-corrected chi connectivity index (χ3v) is 9.31. The average molecular weight is 681 g/mol. The van der Waals surface area contributed by atoms with Crippen molar-refractivity contribution in [3.05, 3.63) is 141 Å². The number of anilines is 1. The third-order valence-electron chi connectivity index (χ3n) is 6.86. The molecule has 5 aromatic rings. The minimum absolute atomic E-state index is 0.0985. The number of imide groups is 1. The Bertz CT molecular complexity index is 1980. The highest BCUT2D eigenvalue weighted by Crippen LogP contribution is 2.34. The van der Waals surface area contributed by atoms with Crippen LogP contribution in [-0.2, 0) is 10.0 Å². The number of hydrogen-bond acceptors (Lipinski definition) is 6. The van der Waals surface area contributed by atoms with Crippen LogP contribution in [0.5, 0.6) is 0 Å². The zero-order valence-corrected chi connectivity index (χ0v) is 26.9. The summed E-state index contributed by atoms with van der Waals surface area (Å²) in [6.07, 6.45) is 0. The normalized spacial score (nSPS) is 11.2. The van der Waals surface area contributed by atoms with Gasteiger partial charge in [-0.05, 0) is 84.9 Å². The van der Waals surface area contributed by atoms with Crippen molar-refractivity contribution in [2.75, 3.05) is 19.0 Å². The fourth-order valence-electron chi connectivity index (χ4n) is 4.67. The number of rotatable bonds is 6. The number of fused-ring (bicyclic) bond motifs is 1. The van der Waals surface area contributed by atoms with Gasteiger partial charge in [-0.2, -0.15) is 13.4 Å². The van der Waals surface area contributed by atoms with Crippen molar-refractivity contribution < 1.29 is 22.8 Å². The summed E-state index contributed by atoms with van der Waals surface area (Å²) in [6.45, 7) is 0. The molecule has 0 aliphatic carbocycles. The van der Waals surface area contributed by atoms with Gasteiger partial charge in [0.25, 0.3) is 27.7 Å². The molecule has 8 nitrogen and oxygen atoms in total. The summed E-state index contributed by atoms with van der Waals surface area (Å²) in [4.78, 5) is 44.2. The Hall–Kier alpha value is -4.41. The molecule has 0 spiro atoms. The molecule has 0 heterocycles.